The fourth-order valence-corrected chi connectivity index (χ4v) is 4.91. The van der Waals surface area contributed by atoms with Crippen LogP contribution in [0.25, 0.3) is 17.0 Å². The highest BCUT2D eigenvalue weighted by molar-refractivity contribution is 8.18. The highest BCUT2D eigenvalue weighted by atomic mass is 35.5. The number of carbonyl (C=O) groups excluding carboxylic acids is 3. The van der Waals surface area contributed by atoms with E-state index in [4.69, 9.17) is 11.6 Å². The molecule has 0 N–H and O–H groups in total. The number of rotatable bonds is 6. The summed E-state index contributed by atoms with van der Waals surface area (Å²) in [5.41, 5.74) is 3.03. The third kappa shape index (κ3) is 4.78. The molecule has 0 unspecified atom stereocenters. The molecule has 5 rings (SSSR count). The zero-order valence-corrected chi connectivity index (χ0v) is 19.9. The number of fused-ring (bicyclic) bond motifs is 1. The van der Waals surface area contributed by atoms with E-state index in [1.807, 2.05) is 35.0 Å². The zero-order valence-electron chi connectivity index (χ0n) is 18.3. The van der Waals surface area contributed by atoms with Gasteiger partial charge in [0.05, 0.1) is 11.4 Å². The first-order chi connectivity index (χ1) is 16.9. The molecule has 2 heterocycles. The van der Waals surface area contributed by atoms with Crippen molar-refractivity contribution in [3.05, 3.63) is 111 Å². The van der Waals surface area contributed by atoms with Crippen LogP contribution in [0.5, 0.6) is 0 Å². The van der Waals surface area contributed by atoms with Crippen molar-refractivity contribution in [1.29, 1.82) is 0 Å². The van der Waals surface area contributed by atoms with Gasteiger partial charge in [-0.15, -0.1) is 0 Å². The van der Waals surface area contributed by atoms with Gasteiger partial charge in [0.2, 0.25) is 0 Å². The average molecular weight is 505 g/mol. The Bertz CT molecular complexity index is 1490. The van der Waals surface area contributed by atoms with Crippen LogP contribution in [0.2, 0.25) is 5.02 Å². The largest absolute Gasteiger partial charge is 0.342 e. The van der Waals surface area contributed by atoms with E-state index in [0.29, 0.717) is 17.1 Å². The van der Waals surface area contributed by atoms with E-state index < -0.39 is 11.1 Å². The number of aromatic nitrogens is 1. The summed E-state index contributed by atoms with van der Waals surface area (Å²) in [5.74, 6) is -1.14. The van der Waals surface area contributed by atoms with Gasteiger partial charge in [0.1, 0.15) is 5.82 Å². The van der Waals surface area contributed by atoms with E-state index >= 15 is 0 Å². The average Bonchev–Trinajstić information content (AvgIpc) is 3.33. The molecule has 1 aromatic heterocycles. The first kappa shape index (κ1) is 23.1. The number of hydrogen-bond donors (Lipinski definition) is 0. The fourth-order valence-electron chi connectivity index (χ4n) is 3.96. The Kier molecular flexibility index (Phi) is 6.28. The highest BCUT2D eigenvalue weighted by Gasteiger charge is 2.36. The molecular formula is C27H18ClFN2O3S. The molecule has 0 saturated carbocycles. The van der Waals surface area contributed by atoms with Gasteiger partial charge in [-0.1, -0.05) is 41.9 Å². The van der Waals surface area contributed by atoms with Crippen LogP contribution >= 0.6 is 23.4 Å². The molecule has 5 nitrogen and oxygen atoms in total. The molecule has 0 atom stereocenters. The van der Waals surface area contributed by atoms with Crippen molar-refractivity contribution < 1.29 is 18.8 Å². The molecule has 1 aliphatic heterocycles. The zero-order chi connectivity index (χ0) is 24.5. The van der Waals surface area contributed by atoms with Gasteiger partial charge in [0, 0.05) is 39.8 Å². The second-order valence-electron chi connectivity index (χ2n) is 8.05. The van der Waals surface area contributed by atoms with E-state index in [2.05, 4.69) is 0 Å². The van der Waals surface area contributed by atoms with Gasteiger partial charge in [-0.3, -0.25) is 19.3 Å². The maximum Gasteiger partial charge on any atom is 0.293 e. The molecule has 2 amide bonds. The van der Waals surface area contributed by atoms with Crippen LogP contribution in [0.3, 0.4) is 0 Å². The molecule has 4 aromatic rings. The van der Waals surface area contributed by atoms with Crippen LogP contribution in [0.15, 0.2) is 83.9 Å². The summed E-state index contributed by atoms with van der Waals surface area (Å²) in [7, 11) is 0. The standard InChI is InChI=1S/C27H18ClFN2O3S/c28-20-9-7-18(8-10-20)24(32)16-31-26(33)25(35-27(31)34)13-19-15-30(23-4-2-1-3-22(19)23)14-17-5-11-21(29)12-6-17/h1-13,15H,14,16H2/b25-13-. The first-order valence-electron chi connectivity index (χ1n) is 10.8. The van der Waals surface area contributed by atoms with E-state index in [1.54, 1.807) is 42.5 Å². The number of imide groups is 1. The minimum atomic E-state index is -0.502. The molecule has 8 heteroatoms. The van der Waals surface area contributed by atoms with Crippen molar-refractivity contribution >= 4 is 57.3 Å². The SMILES string of the molecule is O=C(CN1C(=O)S/C(=C\c2cn(Cc3ccc(F)cc3)c3ccccc23)C1=O)c1ccc(Cl)cc1. The van der Waals surface area contributed by atoms with Crippen molar-refractivity contribution in [2.45, 2.75) is 6.54 Å². The molecule has 174 valence electrons. The van der Waals surface area contributed by atoms with Gasteiger partial charge < -0.3 is 4.57 Å². The van der Waals surface area contributed by atoms with Gasteiger partial charge in [-0.25, -0.2) is 4.39 Å². The Hall–Kier alpha value is -3.68. The van der Waals surface area contributed by atoms with Gasteiger partial charge in [-0.2, -0.15) is 0 Å². The topological polar surface area (TPSA) is 59.4 Å². The summed E-state index contributed by atoms with van der Waals surface area (Å²) in [6.07, 6.45) is 3.59. The summed E-state index contributed by atoms with van der Waals surface area (Å²) in [4.78, 5) is 39.4. The molecule has 0 bridgehead atoms. The maximum atomic E-state index is 13.3. The number of para-hydroxylation sites is 1. The van der Waals surface area contributed by atoms with Crippen LogP contribution in [0, 0.1) is 5.82 Å². The minimum absolute atomic E-state index is 0.253. The number of carbonyl (C=O) groups is 3. The fraction of sp³-hybridized carbons (Fsp3) is 0.0741. The highest BCUT2D eigenvalue weighted by Crippen LogP contribution is 2.34. The summed E-state index contributed by atoms with van der Waals surface area (Å²) >= 11 is 6.68. The van der Waals surface area contributed by atoms with Crippen LogP contribution in [0.1, 0.15) is 21.5 Å². The lowest BCUT2D eigenvalue weighted by Crippen LogP contribution is -2.33. The maximum absolute atomic E-state index is 13.3. The lowest BCUT2D eigenvalue weighted by Gasteiger charge is -2.11. The van der Waals surface area contributed by atoms with Crippen LogP contribution in [-0.2, 0) is 11.3 Å². The summed E-state index contributed by atoms with van der Waals surface area (Å²) < 4.78 is 15.3. The Morgan fingerprint density at radius 3 is 2.43 bits per heavy atom. The van der Waals surface area contributed by atoms with Crippen molar-refractivity contribution in [1.82, 2.24) is 9.47 Å². The van der Waals surface area contributed by atoms with E-state index in [0.717, 1.165) is 38.7 Å². The normalized spacial score (nSPS) is 14.9. The number of benzene rings is 3. The van der Waals surface area contributed by atoms with Gasteiger partial charge in [-0.05, 0) is 65.9 Å². The molecule has 0 radical (unpaired) electrons. The van der Waals surface area contributed by atoms with E-state index in [-0.39, 0.29) is 23.1 Å². The Balaban J connectivity index is 1.41. The van der Waals surface area contributed by atoms with Gasteiger partial charge >= 0.3 is 0 Å². The lowest BCUT2D eigenvalue weighted by atomic mass is 10.1. The predicted molar refractivity (Wildman–Crippen MR) is 136 cm³/mol. The quantitative estimate of drug-likeness (QED) is 0.225. The number of halogens is 2. The number of nitrogens with zero attached hydrogens (tertiary/aromatic N) is 2. The number of ketones is 1. The van der Waals surface area contributed by atoms with Crippen molar-refractivity contribution in [3.8, 4) is 0 Å². The van der Waals surface area contributed by atoms with Crippen molar-refractivity contribution in [2.24, 2.45) is 0 Å². The molecular weight excluding hydrogens is 487 g/mol. The first-order valence-corrected chi connectivity index (χ1v) is 11.9. The Labute approximate surface area is 209 Å². The molecule has 35 heavy (non-hydrogen) atoms. The summed E-state index contributed by atoms with van der Waals surface area (Å²) in [5, 5.41) is 0.923. The number of Topliss-reactive ketones (excluding diaryl/α,β-unsaturated/α-hetero) is 1. The third-order valence-corrected chi connectivity index (χ3v) is 6.87. The molecule has 1 aliphatic rings. The molecule has 1 saturated heterocycles. The summed E-state index contributed by atoms with van der Waals surface area (Å²) in [6, 6.07) is 20.3. The molecule has 3 aromatic carbocycles. The molecule has 0 aliphatic carbocycles. The van der Waals surface area contributed by atoms with Gasteiger partial charge in [0.15, 0.2) is 5.78 Å². The van der Waals surface area contributed by atoms with Crippen LogP contribution < -0.4 is 0 Å². The number of hydrogen-bond acceptors (Lipinski definition) is 4. The van der Waals surface area contributed by atoms with Crippen LogP contribution in [0.4, 0.5) is 9.18 Å². The van der Waals surface area contributed by atoms with Crippen LogP contribution in [-0.4, -0.2) is 32.9 Å². The second kappa shape index (κ2) is 9.52. The van der Waals surface area contributed by atoms with E-state index in [9.17, 15) is 18.8 Å². The monoisotopic (exact) mass is 504 g/mol. The van der Waals surface area contributed by atoms with Crippen molar-refractivity contribution in [3.63, 3.8) is 0 Å². The summed E-state index contributed by atoms with van der Waals surface area (Å²) in [6.45, 7) is 0.182. The number of thioether (sulfide) groups is 1. The molecule has 0 spiro atoms. The smallest absolute Gasteiger partial charge is 0.293 e. The predicted octanol–water partition coefficient (Wildman–Crippen LogP) is 6.40. The Morgan fingerprint density at radius 2 is 1.69 bits per heavy atom. The second-order valence-corrected chi connectivity index (χ2v) is 9.48. The van der Waals surface area contributed by atoms with E-state index in [1.165, 1.54) is 12.1 Å². The number of amides is 2. The minimum Gasteiger partial charge on any atom is -0.342 e. The third-order valence-electron chi connectivity index (χ3n) is 5.71. The van der Waals surface area contributed by atoms with Crippen molar-refractivity contribution in [2.75, 3.05) is 6.54 Å². The molecule has 1 fully saturated rings. The van der Waals surface area contributed by atoms with Gasteiger partial charge in [0.25, 0.3) is 11.1 Å². The lowest BCUT2D eigenvalue weighted by molar-refractivity contribution is -0.122. The Morgan fingerprint density at radius 1 is 0.971 bits per heavy atom.